The third kappa shape index (κ3) is 2.41. The van der Waals surface area contributed by atoms with E-state index in [1.165, 1.54) is 18.4 Å². The van der Waals surface area contributed by atoms with Gasteiger partial charge in [-0.1, -0.05) is 18.2 Å². The molecule has 102 valence electrons. The summed E-state index contributed by atoms with van der Waals surface area (Å²) in [7, 11) is 0. The monoisotopic (exact) mass is 279 g/mol. The van der Waals surface area contributed by atoms with Crippen LogP contribution >= 0.6 is 0 Å². The first-order valence-corrected chi connectivity index (χ1v) is 6.36. The van der Waals surface area contributed by atoms with E-state index >= 15 is 0 Å². The third-order valence-corrected chi connectivity index (χ3v) is 3.29. The van der Waals surface area contributed by atoms with E-state index in [0.717, 1.165) is 16.0 Å². The van der Waals surface area contributed by atoms with Crippen molar-refractivity contribution in [1.82, 2.24) is 0 Å². The van der Waals surface area contributed by atoms with Crippen molar-refractivity contribution in [2.45, 2.75) is 6.42 Å². The number of nitriles is 1. The highest BCUT2D eigenvalue weighted by Crippen LogP contribution is 2.13. The van der Waals surface area contributed by atoms with Gasteiger partial charge in [0.15, 0.2) is 5.43 Å². The fraction of sp³-hybridized carbons (Fsp3) is 0.0588. The van der Waals surface area contributed by atoms with Gasteiger partial charge in [0.1, 0.15) is 11.4 Å². The number of nitrogens with zero attached hydrogens (tertiary/aromatic N) is 1. The van der Waals surface area contributed by atoms with Crippen LogP contribution in [0.3, 0.4) is 0 Å². The van der Waals surface area contributed by atoms with E-state index in [2.05, 4.69) is 0 Å². The van der Waals surface area contributed by atoms with Crippen molar-refractivity contribution in [3.63, 3.8) is 0 Å². The maximum Gasteiger partial charge on any atom is 0.192 e. The molecule has 3 nitrogen and oxygen atoms in total. The van der Waals surface area contributed by atoms with Crippen LogP contribution < -0.4 is 5.43 Å². The number of halogens is 1. The Morgan fingerprint density at radius 3 is 2.52 bits per heavy atom. The van der Waals surface area contributed by atoms with Crippen LogP contribution in [0.5, 0.6) is 0 Å². The van der Waals surface area contributed by atoms with E-state index in [0.29, 0.717) is 17.4 Å². The number of hydrogen-bond donors (Lipinski definition) is 0. The number of rotatable bonds is 1. The fourth-order valence-electron chi connectivity index (χ4n) is 2.08. The Kier molecular flexibility index (Phi) is 3.25. The van der Waals surface area contributed by atoms with Crippen molar-refractivity contribution in [2.75, 3.05) is 0 Å². The first kappa shape index (κ1) is 13.1. The summed E-state index contributed by atoms with van der Waals surface area (Å²) in [5.74, 6) is -0.0579. The van der Waals surface area contributed by atoms with Crippen LogP contribution in [-0.2, 0) is 6.42 Å². The summed E-state index contributed by atoms with van der Waals surface area (Å²) in [5.41, 5.74) is 1.31. The minimum atomic E-state index is -0.0777. The van der Waals surface area contributed by atoms with Crippen LogP contribution in [0.1, 0.15) is 5.56 Å². The minimum absolute atomic E-state index is 0.0579. The largest absolute Gasteiger partial charge is 0.464 e. The van der Waals surface area contributed by atoms with Crippen LogP contribution in [0.4, 0.5) is 4.39 Å². The molecule has 0 saturated carbocycles. The average Bonchev–Trinajstić information content (AvgIpc) is 2.46. The normalized spacial score (nSPS) is 10.5. The summed E-state index contributed by atoms with van der Waals surface area (Å²) >= 11 is 0. The van der Waals surface area contributed by atoms with Crippen molar-refractivity contribution in [2.24, 2.45) is 0 Å². The van der Waals surface area contributed by atoms with Crippen molar-refractivity contribution in [3.8, 4) is 6.07 Å². The standard InChI is InChI=1S/C11H7NO2.C6H3F/c12-5-3-8-1-2-11-9(7-8)10(13)4-6-14-11;7-6-3-4-1-2-5(4)6/h1-2,4,6-7H,3H2;1-3H. The smallest absolute Gasteiger partial charge is 0.192 e. The molecule has 0 fully saturated rings. The maximum absolute atomic E-state index is 12.0. The zero-order valence-corrected chi connectivity index (χ0v) is 11.0. The Hall–Kier alpha value is -2.93. The van der Waals surface area contributed by atoms with Crippen LogP contribution in [0.15, 0.2) is 57.9 Å². The highest BCUT2D eigenvalue weighted by molar-refractivity contribution is 5.76. The zero-order valence-electron chi connectivity index (χ0n) is 11.0. The number of benzene rings is 2. The second kappa shape index (κ2) is 5.22. The van der Waals surface area contributed by atoms with Crippen LogP contribution in [0, 0.1) is 27.6 Å². The van der Waals surface area contributed by atoms with Gasteiger partial charge in [-0.25, -0.2) is 4.39 Å². The van der Waals surface area contributed by atoms with E-state index in [9.17, 15) is 9.18 Å². The second-order valence-electron chi connectivity index (χ2n) is 4.64. The van der Waals surface area contributed by atoms with E-state index in [4.69, 9.17) is 9.68 Å². The second-order valence-corrected chi connectivity index (χ2v) is 4.64. The molecule has 0 radical (unpaired) electrons. The lowest BCUT2D eigenvalue weighted by atomic mass is 10.1. The van der Waals surface area contributed by atoms with Gasteiger partial charge in [0.05, 0.1) is 24.1 Å². The summed E-state index contributed by atoms with van der Waals surface area (Å²) in [4.78, 5) is 11.4. The highest BCUT2D eigenvalue weighted by Gasteiger charge is 2.02. The maximum atomic E-state index is 12.0. The Labute approximate surface area is 119 Å². The van der Waals surface area contributed by atoms with Gasteiger partial charge in [-0.05, 0) is 29.0 Å². The Bertz CT molecular complexity index is 1020. The summed E-state index contributed by atoms with van der Waals surface area (Å²) in [6.45, 7) is 0. The lowest BCUT2D eigenvalue weighted by molar-refractivity contribution is 0.602. The molecule has 0 saturated heterocycles. The molecular weight excluding hydrogens is 269 g/mol. The molecule has 1 aromatic carbocycles. The highest BCUT2D eigenvalue weighted by atomic mass is 19.1. The van der Waals surface area contributed by atoms with E-state index in [1.807, 2.05) is 12.1 Å². The molecule has 0 atom stereocenters. The Balaban J connectivity index is 0.000000156. The molecule has 1 heterocycles. The van der Waals surface area contributed by atoms with Gasteiger partial charge < -0.3 is 4.42 Å². The molecule has 1 aromatic heterocycles. The van der Waals surface area contributed by atoms with Crippen molar-refractivity contribution in [3.05, 3.63) is 80.8 Å². The van der Waals surface area contributed by atoms with E-state index < -0.39 is 0 Å². The first-order valence-electron chi connectivity index (χ1n) is 6.36. The lowest BCUT2D eigenvalue weighted by Gasteiger charge is -2.00. The van der Waals surface area contributed by atoms with Gasteiger partial charge in [0.25, 0.3) is 0 Å². The summed E-state index contributed by atoms with van der Waals surface area (Å²) in [5, 5.41) is 10.9. The summed E-state index contributed by atoms with van der Waals surface area (Å²) in [6, 6.07) is 13.8. The van der Waals surface area contributed by atoms with Crippen molar-refractivity contribution in [1.29, 1.82) is 5.26 Å². The first-order chi connectivity index (χ1) is 10.2. The minimum Gasteiger partial charge on any atom is -0.464 e. The molecule has 4 rings (SSSR count). The zero-order chi connectivity index (χ0) is 14.8. The molecule has 2 aromatic rings. The SMILES string of the molecule is Fc1cc2ccc1=2.N#CCc1ccc2occc(=O)c2c1. The van der Waals surface area contributed by atoms with Gasteiger partial charge in [-0.2, -0.15) is 5.26 Å². The van der Waals surface area contributed by atoms with Crippen molar-refractivity contribution >= 4 is 11.0 Å². The lowest BCUT2D eigenvalue weighted by Crippen LogP contribution is -1.98. The Morgan fingerprint density at radius 1 is 1.14 bits per heavy atom. The van der Waals surface area contributed by atoms with E-state index in [-0.39, 0.29) is 11.2 Å². The molecule has 2 aliphatic carbocycles. The number of fused-ring (bicyclic) bond motifs is 1. The molecule has 0 bridgehead atoms. The van der Waals surface area contributed by atoms with Gasteiger partial charge in [0.2, 0.25) is 0 Å². The van der Waals surface area contributed by atoms with E-state index in [1.54, 1.807) is 24.3 Å². The molecule has 4 heteroatoms. The van der Waals surface area contributed by atoms with Gasteiger partial charge in [0, 0.05) is 11.3 Å². The third-order valence-electron chi connectivity index (χ3n) is 3.29. The van der Waals surface area contributed by atoms with Crippen molar-refractivity contribution < 1.29 is 8.81 Å². The van der Waals surface area contributed by atoms with Gasteiger partial charge >= 0.3 is 0 Å². The topological polar surface area (TPSA) is 54.0 Å². The molecule has 0 spiro atoms. The predicted octanol–water partition coefficient (Wildman–Crippen LogP) is 3.29. The van der Waals surface area contributed by atoms with Crippen LogP contribution in [-0.4, -0.2) is 0 Å². The summed E-state index contributed by atoms with van der Waals surface area (Å²) < 4.78 is 17.1. The van der Waals surface area contributed by atoms with Crippen LogP contribution in [0.2, 0.25) is 0 Å². The molecule has 0 unspecified atom stereocenters. The average molecular weight is 279 g/mol. The summed E-state index contributed by atoms with van der Waals surface area (Å²) in [6.07, 6.45) is 1.68. The molecule has 0 amide bonds. The molecule has 2 aliphatic rings. The Morgan fingerprint density at radius 2 is 2.00 bits per heavy atom. The van der Waals surface area contributed by atoms with Gasteiger partial charge in [-0.3, -0.25) is 4.79 Å². The molecule has 21 heavy (non-hydrogen) atoms. The quantitative estimate of drug-likeness (QED) is 0.537. The molecular formula is C17H10FNO2. The van der Waals surface area contributed by atoms with Gasteiger partial charge in [-0.15, -0.1) is 0 Å². The van der Waals surface area contributed by atoms with Crippen LogP contribution in [0.25, 0.3) is 11.0 Å². The molecule has 0 aliphatic heterocycles. The molecule has 0 N–H and O–H groups in total. The number of hydrogen-bond acceptors (Lipinski definition) is 3. The predicted molar refractivity (Wildman–Crippen MR) is 75.9 cm³/mol. The fourth-order valence-corrected chi connectivity index (χ4v) is 2.08.